The molecule has 0 fully saturated rings. The Hall–Kier alpha value is -8.28. The SMILES string of the molecule is CCc1nc(-c2ccc(-c3noc(-c4cc(-c5nc(-c6ccc(-c7noc(CC)n7)cc6)no5)cc(-c5nc(-c6ccc(-c7noc(CC)n7)cc6)no5)c4)n3)cc2)no1. The second-order valence-electron chi connectivity index (χ2n) is 13.4. The Balaban J connectivity index is 0.973. The van der Waals surface area contributed by atoms with Gasteiger partial charge in [0.15, 0.2) is 0 Å². The summed E-state index contributed by atoms with van der Waals surface area (Å²) in [4.78, 5) is 27.4. The van der Waals surface area contributed by atoms with E-state index in [9.17, 15) is 0 Å². The molecule has 0 bridgehead atoms. The third-order valence-electron chi connectivity index (χ3n) is 9.47. The van der Waals surface area contributed by atoms with Crippen LogP contribution < -0.4 is 0 Å². The first-order chi connectivity index (χ1) is 29.5. The van der Waals surface area contributed by atoms with Crippen molar-refractivity contribution >= 4 is 0 Å². The minimum Gasteiger partial charge on any atom is -0.339 e. The minimum absolute atomic E-state index is 0.231. The predicted octanol–water partition coefficient (Wildman–Crippen LogP) is 8.67. The molecule has 18 heteroatoms. The van der Waals surface area contributed by atoms with Gasteiger partial charge < -0.3 is 27.1 Å². The summed E-state index contributed by atoms with van der Waals surface area (Å²) in [6.45, 7) is 5.86. The lowest BCUT2D eigenvalue weighted by Gasteiger charge is -2.02. The van der Waals surface area contributed by atoms with Crippen LogP contribution in [0.15, 0.2) is 118 Å². The summed E-state index contributed by atoms with van der Waals surface area (Å²) >= 11 is 0. The highest BCUT2D eigenvalue weighted by atomic mass is 16.5. The van der Waals surface area contributed by atoms with E-state index in [4.69, 9.17) is 42.1 Å². The van der Waals surface area contributed by atoms with Crippen LogP contribution in [0.1, 0.15) is 38.4 Å². The van der Waals surface area contributed by atoms with E-state index >= 15 is 0 Å². The molecule has 6 aromatic heterocycles. The van der Waals surface area contributed by atoms with Crippen LogP contribution in [0.3, 0.4) is 0 Å². The van der Waals surface area contributed by atoms with E-state index in [0.717, 1.165) is 33.4 Å². The van der Waals surface area contributed by atoms with Gasteiger partial charge in [-0.25, -0.2) is 0 Å². The highest BCUT2D eigenvalue weighted by molar-refractivity contribution is 5.76. The van der Waals surface area contributed by atoms with Crippen LogP contribution >= 0.6 is 0 Å². The van der Waals surface area contributed by atoms with Crippen molar-refractivity contribution in [3.63, 3.8) is 0 Å². The quantitative estimate of drug-likeness (QED) is 0.112. The molecule has 0 N–H and O–H groups in total. The maximum Gasteiger partial charge on any atom is 0.258 e. The topological polar surface area (TPSA) is 234 Å². The lowest BCUT2D eigenvalue weighted by atomic mass is 10.0. The van der Waals surface area contributed by atoms with Crippen LogP contribution in [-0.4, -0.2) is 60.8 Å². The van der Waals surface area contributed by atoms with Crippen LogP contribution in [0.25, 0.3) is 103 Å². The van der Waals surface area contributed by atoms with Crippen molar-refractivity contribution in [2.75, 3.05) is 0 Å². The molecule has 294 valence electrons. The fourth-order valence-electron chi connectivity index (χ4n) is 6.22. The number of rotatable bonds is 12. The standard InChI is InChI=1S/C42H30N12O6/c1-4-31-43-34(49-55-31)22-7-13-25(14-8-22)37-46-40(58-52-37)28-19-29(41-47-38(53-59-41)26-15-9-23(10-16-26)35-44-32(5-2)56-50-35)21-30(20-28)42-48-39(54-60-42)27-17-11-24(12-18-27)36-45-33(6-3)57-51-36/h7-21H,4-6H2,1-3H3. The lowest BCUT2D eigenvalue weighted by molar-refractivity contribution is 0.382. The van der Waals surface area contributed by atoms with Crippen molar-refractivity contribution in [2.24, 2.45) is 0 Å². The molecule has 60 heavy (non-hydrogen) atoms. The minimum atomic E-state index is 0.231. The van der Waals surface area contributed by atoms with Gasteiger partial charge in [-0.15, -0.1) is 0 Å². The van der Waals surface area contributed by atoms with Gasteiger partial charge in [0.2, 0.25) is 52.6 Å². The van der Waals surface area contributed by atoms with Crippen molar-refractivity contribution in [1.29, 1.82) is 0 Å². The van der Waals surface area contributed by atoms with Crippen molar-refractivity contribution in [3.8, 4) is 103 Å². The number of hydrogen-bond acceptors (Lipinski definition) is 18. The number of hydrogen-bond donors (Lipinski definition) is 0. The summed E-state index contributed by atoms with van der Waals surface area (Å²) < 4.78 is 33.2. The average molecular weight is 799 g/mol. The van der Waals surface area contributed by atoms with Crippen LogP contribution in [0.4, 0.5) is 0 Å². The molecule has 0 saturated carbocycles. The van der Waals surface area contributed by atoms with E-state index in [2.05, 4.69) is 45.9 Å². The monoisotopic (exact) mass is 798 g/mol. The van der Waals surface area contributed by atoms with Gasteiger partial charge in [-0.3, -0.25) is 0 Å². The third kappa shape index (κ3) is 7.01. The predicted molar refractivity (Wildman–Crippen MR) is 211 cm³/mol. The van der Waals surface area contributed by atoms with Gasteiger partial charge in [-0.1, -0.05) is 125 Å². The Morgan fingerprint density at radius 2 is 0.500 bits per heavy atom. The lowest BCUT2D eigenvalue weighted by Crippen LogP contribution is -1.88. The molecule has 0 atom stereocenters. The van der Waals surface area contributed by atoms with Crippen LogP contribution in [0.5, 0.6) is 0 Å². The van der Waals surface area contributed by atoms with Gasteiger partial charge in [0, 0.05) is 69.3 Å². The van der Waals surface area contributed by atoms with E-state index in [1.54, 1.807) is 0 Å². The molecule has 0 aliphatic heterocycles. The first kappa shape index (κ1) is 36.1. The normalized spacial score (nSPS) is 11.4. The van der Waals surface area contributed by atoms with E-state index in [-0.39, 0.29) is 17.7 Å². The zero-order chi connectivity index (χ0) is 40.6. The summed E-state index contributed by atoms with van der Waals surface area (Å²) in [6.07, 6.45) is 1.94. The highest BCUT2D eigenvalue weighted by Gasteiger charge is 2.21. The molecular formula is C42H30N12O6. The van der Waals surface area contributed by atoms with E-state index in [1.165, 1.54) is 0 Å². The maximum atomic E-state index is 5.81. The summed E-state index contributed by atoms with van der Waals surface area (Å²) in [5.41, 5.74) is 6.18. The molecular weight excluding hydrogens is 769 g/mol. The van der Waals surface area contributed by atoms with Gasteiger partial charge in [0.05, 0.1) is 0 Å². The molecule has 10 aromatic rings. The van der Waals surface area contributed by atoms with E-state index in [0.29, 0.717) is 88.6 Å². The smallest absolute Gasteiger partial charge is 0.258 e. The second-order valence-corrected chi connectivity index (χ2v) is 13.4. The van der Waals surface area contributed by atoms with Crippen LogP contribution in [0.2, 0.25) is 0 Å². The van der Waals surface area contributed by atoms with Gasteiger partial charge in [-0.05, 0) is 18.2 Å². The Morgan fingerprint density at radius 1 is 0.283 bits per heavy atom. The molecule has 0 amide bonds. The fraction of sp³-hybridized carbons (Fsp3) is 0.143. The van der Waals surface area contributed by atoms with Crippen molar-refractivity contribution < 1.29 is 27.1 Å². The molecule has 0 radical (unpaired) electrons. The number of benzene rings is 4. The highest BCUT2D eigenvalue weighted by Crippen LogP contribution is 2.34. The van der Waals surface area contributed by atoms with Crippen molar-refractivity contribution in [2.45, 2.75) is 40.0 Å². The maximum absolute atomic E-state index is 5.81. The summed E-state index contributed by atoms with van der Waals surface area (Å²) in [5.74, 6) is 5.01. The summed E-state index contributed by atoms with van der Waals surface area (Å²) in [5, 5.41) is 25.0. The Bertz CT molecular complexity index is 2730. The Morgan fingerprint density at radius 3 is 0.717 bits per heavy atom. The molecule has 0 spiro atoms. The molecule has 18 nitrogen and oxygen atoms in total. The Labute approximate surface area is 338 Å². The number of aromatic nitrogens is 12. The molecule has 6 heterocycles. The van der Waals surface area contributed by atoms with Crippen LogP contribution in [0, 0.1) is 0 Å². The summed E-state index contributed by atoms with van der Waals surface area (Å²) in [7, 11) is 0. The Kier molecular flexibility index (Phi) is 9.16. The molecule has 0 unspecified atom stereocenters. The molecule has 4 aromatic carbocycles. The van der Waals surface area contributed by atoms with Crippen molar-refractivity contribution in [3.05, 3.63) is 109 Å². The molecule has 0 saturated heterocycles. The average Bonchev–Trinajstić information content (AvgIpc) is 4.17. The van der Waals surface area contributed by atoms with Crippen LogP contribution in [-0.2, 0) is 19.3 Å². The zero-order valence-electron chi connectivity index (χ0n) is 32.1. The first-order valence-electron chi connectivity index (χ1n) is 19.0. The second kappa shape index (κ2) is 15.2. The fourth-order valence-corrected chi connectivity index (χ4v) is 6.22. The molecule has 0 aliphatic rings. The van der Waals surface area contributed by atoms with Gasteiger partial charge in [0.1, 0.15) is 0 Å². The van der Waals surface area contributed by atoms with Gasteiger partial charge in [0.25, 0.3) is 17.7 Å². The number of nitrogens with zero attached hydrogens (tertiary/aromatic N) is 12. The van der Waals surface area contributed by atoms with Gasteiger partial charge in [-0.2, -0.15) is 29.9 Å². The first-order valence-corrected chi connectivity index (χ1v) is 19.0. The third-order valence-corrected chi connectivity index (χ3v) is 9.47. The zero-order valence-corrected chi connectivity index (χ0v) is 32.1. The van der Waals surface area contributed by atoms with E-state index in [1.807, 2.05) is 112 Å². The molecule has 0 aliphatic carbocycles. The van der Waals surface area contributed by atoms with Gasteiger partial charge >= 0.3 is 0 Å². The molecule has 10 rings (SSSR count). The largest absolute Gasteiger partial charge is 0.339 e. The van der Waals surface area contributed by atoms with Crippen molar-refractivity contribution in [1.82, 2.24) is 60.8 Å². The summed E-state index contributed by atoms with van der Waals surface area (Å²) in [6, 6.07) is 27.8. The number of aryl methyl sites for hydroxylation is 3. The van der Waals surface area contributed by atoms with E-state index < -0.39 is 0 Å².